The molecule has 6 heteroatoms. The molecule has 0 saturated carbocycles. The number of amides is 2. The highest BCUT2D eigenvalue weighted by atomic mass is 16.5. The molecule has 25 heavy (non-hydrogen) atoms. The van der Waals surface area contributed by atoms with Gasteiger partial charge in [-0.25, -0.2) is 0 Å². The molecule has 0 unspecified atom stereocenters. The van der Waals surface area contributed by atoms with Gasteiger partial charge in [-0.15, -0.1) is 0 Å². The molecular formula is C19H27N3O3. The van der Waals surface area contributed by atoms with Gasteiger partial charge in [0.05, 0.1) is 13.0 Å². The molecule has 1 atom stereocenters. The van der Waals surface area contributed by atoms with E-state index in [1.807, 2.05) is 17.0 Å². The second kappa shape index (κ2) is 7.76. The number of hydrogen-bond acceptors (Lipinski definition) is 4. The van der Waals surface area contributed by atoms with Gasteiger partial charge in [0.1, 0.15) is 5.75 Å². The first-order valence-corrected chi connectivity index (χ1v) is 9.02. The van der Waals surface area contributed by atoms with Crippen LogP contribution < -0.4 is 9.64 Å². The van der Waals surface area contributed by atoms with Gasteiger partial charge in [-0.05, 0) is 37.1 Å². The number of likely N-dealkylation sites (tertiary alicyclic amines) is 1. The number of hydrogen-bond donors (Lipinski definition) is 0. The first-order valence-electron chi connectivity index (χ1n) is 9.02. The molecule has 0 N–H and O–H groups in total. The van der Waals surface area contributed by atoms with Crippen molar-refractivity contribution in [2.24, 2.45) is 5.92 Å². The summed E-state index contributed by atoms with van der Waals surface area (Å²) in [6, 6.07) is 8.04. The van der Waals surface area contributed by atoms with Crippen LogP contribution in [0.15, 0.2) is 24.3 Å². The van der Waals surface area contributed by atoms with Gasteiger partial charge in [0.2, 0.25) is 11.8 Å². The zero-order valence-electron chi connectivity index (χ0n) is 15.1. The number of rotatable bonds is 3. The van der Waals surface area contributed by atoms with Crippen molar-refractivity contribution in [2.45, 2.75) is 19.8 Å². The summed E-state index contributed by atoms with van der Waals surface area (Å²) in [5.74, 6) is 1.09. The number of piperazine rings is 1. The Kier molecular flexibility index (Phi) is 5.46. The molecule has 2 heterocycles. The molecule has 0 bridgehead atoms. The maximum atomic E-state index is 12.8. The Morgan fingerprint density at radius 3 is 2.28 bits per heavy atom. The molecular weight excluding hydrogens is 318 g/mol. The molecule has 1 aromatic rings. The average Bonchev–Trinajstić information content (AvgIpc) is 2.67. The number of methoxy groups -OCH3 is 1. The number of nitrogens with zero attached hydrogens (tertiary/aromatic N) is 3. The van der Waals surface area contributed by atoms with Crippen molar-refractivity contribution in [3.63, 3.8) is 0 Å². The molecule has 6 nitrogen and oxygen atoms in total. The molecule has 0 aromatic heterocycles. The van der Waals surface area contributed by atoms with Crippen LogP contribution in [0.1, 0.15) is 19.8 Å². The van der Waals surface area contributed by atoms with E-state index in [1.54, 1.807) is 18.9 Å². The minimum absolute atomic E-state index is 0.0369. The Morgan fingerprint density at radius 2 is 1.68 bits per heavy atom. The molecule has 0 aliphatic carbocycles. The van der Waals surface area contributed by atoms with Gasteiger partial charge in [0, 0.05) is 51.9 Å². The lowest BCUT2D eigenvalue weighted by molar-refractivity contribution is -0.140. The van der Waals surface area contributed by atoms with E-state index >= 15 is 0 Å². The minimum atomic E-state index is -0.0369. The van der Waals surface area contributed by atoms with Crippen LogP contribution in [0.3, 0.4) is 0 Å². The third-order valence-corrected chi connectivity index (χ3v) is 5.24. The van der Waals surface area contributed by atoms with Crippen LogP contribution in [-0.4, -0.2) is 68.0 Å². The molecule has 0 spiro atoms. The Morgan fingerprint density at radius 1 is 1.00 bits per heavy atom. The standard InChI is InChI=1S/C19H27N3O3/c1-15(23)22-9-3-4-16(14-22)19(24)21-12-10-20(11-13-21)17-5-7-18(25-2)8-6-17/h5-8,16H,3-4,9-14H2,1-2H3/t16-/m0/s1. The van der Waals surface area contributed by atoms with Gasteiger partial charge in [-0.3, -0.25) is 9.59 Å². The molecule has 2 aliphatic rings. The van der Waals surface area contributed by atoms with Crippen molar-refractivity contribution in [3.8, 4) is 5.75 Å². The van der Waals surface area contributed by atoms with Gasteiger partial charge in [0.15, 0.2) is 0 Å². The van der Waals surface area contributed by atoms with Gasteiger partial charge in [-0.1, -0.05) is 0 Å². The molecule has 3 rings (SSSR count). The summed E-state index contributed by atoms with van der Waals surface area (Å²) < 4.78 is 5.20. The van der Waals surface area contributed by atoms with Crippen LogP contribution >= 0.6 is 0 Å². The van der Waals surface area contributed by atoms with E-state index in [0.717, 1.165) is 57.0 Å². The minimum Gasteiger partial charge on any atom is -0.497 e. The van der Waals surface area contributed by atoms with E-state index in [-0.39, 0.29) is 17.7 Å². The summed E-state index contributed by atoms with van der Waals surface area (Å²) in [4.78, 5) is 30.4. The van der Waals surface area contributed by atoms with Crippen molar-refractivity contribution < 1.29 is 14.3 Å². The smallest absolute Gasteiger partial charge is 0.227 e. The third-order valence-electron chi connectivity index (χ3n) is 5.24. The van der Waals surface area contributed by atoms with Crippen molar-refractivity contribution in [3.05, 3.63) is 24.3 Å². The Hall–Kier alpha value is -2.24. The fourth-order valence-corrected chi connectivity index (χ4v) is 3.70. The number of carbonyl (C=O) groups excluding carboxylic acids is 2. The monoisotopic (exact) mass is 345 g/mol. The van der Waals surface area contributed by atoms with Crippen molar-refractivity contribution in [1.29, 1.82) is 0 Å². The lowest BCUT2D eigenvalue weighted by Gasteiger charge is -2.39. The largest absolute Gasteiger partial charge is 0.497 e. The highest BCUT2D eigenvalue weighted by Crippen LogP contribution is 2.23. The molecule has 1 aromatic carbocycles. The van der Waals surface area contributed by atoms with E-state index in [1.165, 1.54) is 0 Å². The predicted octanol–water partition coefficient (Wildman–Crippen LogP) is 1.60. The summed E-state index contributed by atoms with van der Waals surface area (Å²) in [7, 11) is 1.66. The van der Waals surface area contributed by atoms with Crippen LogP contribution in [0.4, 0.5) is 5.69 Å². The highest BCUT2D eigenvalue weighted by molar-refractivity contribution is 5.81. The summed E-state index contributed by atoms with van der Waals surface area (Å²) >= 11 is 0. The van der Waals surface area contributed by atoms with Gasteiger partial charge >= 0.3 is 0 Å². The summed E-state index contributed by atoms with van der Waals surface area (Å²) in [5.41, 5.74) is 1.16. The Labute approximate surface area is 149 Å². The van der Waals surface area contributed by atoms with Crippen molar-refractivity contribution >= 4 is 17.5 Å². The summed E-state index contributed by atoms with van der Waals surface area (Å²) in [6.45, 7) is 6.09. The highest BCUT2D eigenvalue weighted by Gasteiger charge is 2.31. The first-order chi connectivity index (χ1) is 12.1. The van der Waals surface area contributed by atoms with E-state index in [2.05, 4.69) is 17.0 Å². The molecule has 0 radical (unpaired) electrons. The van der Waals surface area contributed by atoms with Crippen molar-refractivity contribution in [2.75, 3.05) is 51.3 Å². The lowest BCUT2D eigenvalue weighted by Crippen LogP contribution is -2.53. The van der Waals surface area contributed by atoms with E-state index in [9.17, 15) is 9.59 Å². The fraction of sp³-hybridized carbons (Fsp3) is 0.579. The van der Waals surface area contributed by atoms with Gasteiger partial charge in [0.25, 0.3) is 0 Å². The van der Waals surface area contributed by atoms with E-state index in [4.69, 9.17) is 4.74 Å². The summed E-state index contributed by atoms with van der Waals surface area (Å²) in [5, 5.41) is 0. The second-order valence-electron chi connectivity index (χ2n) is 6.81. The zero-order valence-corrected chi connectivity index (χ0v) is 15.1. The van der Waals surface area contributed by atoms with E-state index < -0.39 is 0 Å². The predicted molar refractivity (Wildman–Crippen MR) is 96.8 cm³/mol. The third kappa shape index (κ3) is 4.06. The Bertz CT molecular complexity index is 609. The molecule has 2 amide bonds. The number of benzene rings is 1. The second-order valence-corrected chi connectivity index (χ2v) is 6.81. The Balaban J connectivity index is 1.54. The van der Waals surface area contributed by atoms with Crippen LogP contribution in [0, 0.1) is 5.92 Å². The van der Waals surface area contributed by atoms with Crippen LogP contribution in [-0.2, 0) is 9.59 Å². The zero-order chi connectivity index (χ0) is 17.8. The molecule has 2 saturated heterocycles. The van der Waals surface area contributed by atoms with Crippen LogP contribution in [0.5, 0.6) is 5.75 Å². The van der Waals surface area contributed by atoms with Gasteiger partial charge in [-0.2, -0.15) is 0 Å². The average molecular weight is 345 g/mol. The maximum Gasteiger partial charge on any atom is 0.227 e. The fourth-order valence-electron chi connectivity index (χ4n) is 3.70. The maximum absolute atomic E-state index is 12.8. The summed E-state index contributed by atoms with van der Waals surface area (Å²) in [6.07, 6.45) is 1.81. The van der Waals surface area contributed by atoms with Crippen LogP contribution in [0.25, 0.3) is 0 Å². The quantitative estimate of drug-likeness (QED) is 0.835. The molecule has 136 valence electrons. The SMILES string of the molecule is COc1ccc(N2CCN(C(=O)[C@H]3CCCN(C(C)=O)C3)CC2)cc1. The lowest BCUT2D eigenvalue weighted by atomic mass is 9.96. The number of carbonyl (C=O) groups is 2. The normalized spacial score (nSPS) is 21.2. The van der Waals surface area contributed by atoms with Crippen molar-refractivity contribution in [1.82, 2.24) is 9.80 Å². The van der Waals surface area contributed by atoms with Gasteiger partial charge < -0.3 is 19.4 Å². The van der Waals surface area contributed by atoms with E-state index in [0.29, 0.717) is 6.54 Å². The number of piperidine rings is 1. The first kappa shape index (κ1) is 17.6. The topological polar surface area (TPSA) is 53.1 Å². The molecule has 2 fully saturated rings. The molecule has 2 aliphatic heterocycles. The number of ether oxygens (including phenoxy) is 1. The number of anilines is 1. The van der Waals surface area contributed by atoms with Crippen LogP contribution in [0.2, 0.25) is 0 Å².